The van der Waals surface area contributed by atoms with E-state index in [0.717, 1.165) is 17.5 Å². The molecule has 0 saturated heterocycles. The Bertz CT molecular complexity index is 514. The van der Waals surface area contributed by atoms with Gasteiger partial charge >= 0.3 is 0 Å². The van der Waals surface area contributed by atoms with Gasteiger partial charge in [0.25, 0.3) is 5.91 Å². The average Bonchev–Trinajstić information content (AvgIpc) is 2.44. The molecule has 0 aliphatic carbocycles. The molecule has 100 valence electrons. The number of unbranched alkanes of at least 4 members (excludes halogenated alkanes) is 2. The highest BCUT2D eigenvalue weighted by Crippen LogP contribution is 2.26. The van der Waals surface area contributed by atoms with E-state index in [9.17, 15) is 4.79 Å². The number of carbonyl (C=O) groups excluding carboxylic acids is 1. The molecule has 2 heteroatoms. The Kier molecular flexibility index (Phi) is 4.56. The molecule has 1 aromatic carbocycles. The molecular weight excluding hydrogens is 234 g/mol. The fourth-order valence-electron chi connectivity index (χ4n) is 2.31. The quantitative estimate of drug-likeness (QED) is 0.747. The van der Waals surface area contributed by atoms with Crippen LogP contribution in [0, 0.1) is 0 Å². The van der Waals surface area contributed by atoms with Gasteiger partial charge in [0.15, 0.2) is 0 Å². The molecule has 1 amide bonds. The third kappa shape index (κ3) is 3.14. The van der Waals surface area contributed by atoms with E-state index in [2.05, 4.69) is 25.2 Å². The third-order valence-corrected chi connectivity index (χ3v) is 3.42. The monoisotopic (exact) mass is 255 g/mol. The smallest absolute Gasteiger partial charge is 0.254 e. The van der Waals surface area contributed by atoms with E-state index in [1.54, 1.807) is 4.90 Å². The number of rotatable bonds is 4. The zero-order chi connectivity index (χ0) is 13.7. The highest BCUT2D eigenvalue weighted by molar-refractivity contribution is 6.02. The van der Waals surface area contributed by atoms with E-state index in [-0.39, 0.29) is 5.91 Å². The van der Waals surface area contributed by atoms with Crippen molar-refractivity contribution >= 4 is 11.5 Å². The Morgan fingerprint density at radius 3 is 2.74 bits per heavy atom. The number of hydrogen-bond acceptors (Lipinski definition) is 1. The van der Waals surface area contributed by atoms with Crippen LogP contribution >= 0.6 is 0 Å². The van der Waals surface area contributed by atoms with Gasteiger partial charge in [-0.15, -0.1) is 0 Å². The summed E-state index contributed by atoms with van der Waals surface area (Å²) in [5.41, 5.74) is 3.10. The SMILES string of the molecule is CCCC/C=C/C=C1/CN(C)C(=O)c2ccccc21. The Hall–Kier alpha value is -1.83. The molecule has 0 N–H and O–H groups in total. The second-order valence-corrected chi connectivity index (χ2v) is 4.97. The van der Waals surface area contributed by atoms with Crippen LogP contribution in [0.15, 0.2) is 42.5 Å². The van der Waals surface area contributed by atoms with E-state index in [0.29, 0.717) is 6.54 Å². The van der Waals surface area contributed by atoms with Crippen LogP contribution in [0.3, 0.4) is 0 Å². The Morgan fingerprint density at radius 2 is 2.00 bits per heavy atom. The van der Waals surface area contributed by atoms with E-state index in [1.807, 2.05) is 31.3 Å². The predicted molar refractivity (Wildman–Crippen MR) is 80.0 cm³/mol. The lowest BCUT2D eigenvalue weighted by Crippen LogP contribution is -2.33. The molecule has 2 nitrogen and oxygen atoms in total. The van der Waals surface area contributed by atoms with Crippen molar-refractivity contribution < 1.29 is 4.79 Å². The zero-order valence-corrected chi connectivity index (χ0v) is 11.7. The van der Waals surface area contributed by atoms with Gasteiger partial charge in [0.05, 0.1) is 0 Å². The summed E-state index contributed by atoms with van der Waals surface area (Å²) in [5.74, 6) is 0.114. The highest BCUT2D eigenvalue weighted by atomic mass is 16.2. The zero-order valence-electron chi connectivity index (χ0n) is 11.7. The lowest BCUT2D eigenvalue weighted by Gasteiger charge is -2.26. The maximum Gasteiger partial charge on any atom is 0.254 e. The van der Waals surface area contributed by atoms with Crippen LogP contribution in [0.5, 0.6) is 0 Å². The van der Waals surface area contributed by atoms with Crippen molar-refractivity contribution in [2.45, 2.75) is 26.2 Å². The number of carbonyl (C=O) groups is 1. The normalized spacial score (nSPS) is 17.3. The van der Waals surface area contributed by atoms with Gasteiger partial charge in [-0.25, -0.2) is 0 Å². The number of likely N-dealkylation sites (N-methyl/N-ethyl adjacent to an activating group) is 1. The van der Waals surface area contributed by atoms with Gasteiger partial charge in [0, 0.05) is 19.2 Å². The number of allylic oxidation sites excluding steroid dienone is 3. The van der Waals surface area contributed by atoms with Crippen molar-refractivity contribution in [1.29, 1.82) is 0 Å². The van der Waals surface area contributed by atoms with E-state index >= 15 is 0 Å². The molecule has 1 aliphatic heterocycles. The van der Waals surface area contributed by atoms with Gasteiger partial charge in [-0.2, -0.15) is 0 Å². The maximum absolute atomic E-state index is 12.1. The van der Waals surface area contributed by atoms with Crippen LogP contribution in [0.2, 0.25) is 0 Å². The maximum atomic E-state index is 12.1. The molecule has 0 atom stereocenters. The van der Waals surface area contributed by atoms with Crippen molar-refractivity contribution in [3.63, 3.8) is 0 Å². The summed E-state index contributed by atoms with van der Waals surface area (Å²) in [7, 11) is 1.85. The number of hydrogen-bond donors (Lipinski definition) is 0. The van der Waals surface area contributed by atoms with Crippen LogP contribution in [0.4, 0.5) is 0 Å². The predicted octanol–water partition coefficient (Wildman–Crippen LogP) is 3.90. The molecule has 1 aliphatic rings. The van der Waals surface area contributed by atoms with Gasteiger partial charge < -0.3 is 4.90 Å². The molecule has 19 heavy (non-hydrogen) atoms. The number of amides is 1. The van der Waals surface area contributed by atoms with Gasteiger partial charge in [0.1, 0.15) is 0 Å². The van der Waals surface area contributed by atoms with Crippen LogP contribution in [0.25, 0.3) is 5.57 Å². The van der Waals surface area contributed by atoms with Crippen LogP contribution in [-0.2, 0) is 0 Å². The minimum atomic E-state index is 0.114. The molecule has 1 heterocycles. The lowest BCUT2D eigenvalue weighted by atomic mass is 9.94. The first-order valence-electron chi connectivity index (χ1n) is 6.94. The highest BCUT2D eigenvalue weighted by Gasteiger charge is 2.23. The third-order valence-electron chi connectivity index (χ3n) is 3.42. The summed E-state index contributed by atoms with van der Waals surface area (Å²) in [5, 5.41) is 0. The molecule has 0 fully saturated rings. The standard InChI is InChI=1S/C17H21NO/c1-3-4-5-6-7-10-14-13-18(2)17(19)16-12-9-8-11-15(14)16/h6-12H,3-5,13H2,1-2H3/b7-6+,14-10-. The Morgan fingerprint density at radius 1 is 1.26 bits per heavy atom. The summed E-state index contributed by atoms with van der Waals surface area (Å²) in [4.78, 5) is 13.8. The summed E-state index contributed by atoms with van der Waals surface area (Å²) in [6, 6.07) is 7.85. The van der Waals surface area contributed by atoms with Gasteiger partial charge in [0.2, 0.25) is 0 Å². The minimum absolute atomic E-state index is 0.114. The second-order valence-electron chi connectivity index (χ2n) is 4.97. The lowest BCUT2D eigenvalue weighted by molar-refractivity contribution is 0.0805. The summed E-state index contributed by atoms with van der Waals surface area (Å²) < 4.78 is 0. The first-order valence-corrected chi connectivity index (χ1v) is 6.94. The van der Waals surface area contributed by atoms with Crippen molar-refractivity contribution in [3.8, 4) is 0 Å². The molecule has 0 spiro atoms. The molecule has 0 aromatic heterocycles. The van der Waals surface area contributed by atoms with Gasteiger partial charge in [-0.1, -0.05) is 56.2 Å². The average molecular weight is 255 g/mol. The van der Waals surface area contributed by atoms with E-state index in [1.165, 1.54) is 18.4 Å². The number of fused-ring (bicyclic) bond motifs is 1. The van der Waals surface area contributed by atoms with Crippen molar-refractivity contribution in [1.82, 2.24) is 4.90 Å². The minimum Gasteiger partial charge on any atom is -0.337 e. The molecule has 0 unspecified atom stereocenters. The molecule has 1 aromatic rings. The van der Waals surface area contributed by atoms with Crippen LogP contribution in [0.1, 0.15) is 42.1 Å². The van der Waals surface area contributed by atoms with E-state index in [4.69, 9.17) is 0 Å². The van der Waals surface area contributed by atoms with Crippen molar-refractivity contribution in [2.75, 3.05) is 13.6 Å². The largest absolute Gasteiger partial charge is 0.337 e. The molecule has 2 rings (SSSR count). The fraction of sp³-hybridized carbons (Fsp3) is 0.353. The summed E-state index contributed by atoms with van der Waals surface area (Å²) >= 11 is 0. The molecule has 0 radical (unpaired) electrons. The molecule has 0 bridgehead atoms. The Labute approximate surface area is 115 Å². The second kappa shape index (κ2) is 6.37. The van der Waals surface area contributed by atoms with Crippen LogP contribution in [-0.4, -0.2) is 24.4 Å². The van der Waals surface area contributed by atoms with E-state index < -0.39 is 0 Å². The van der Waals surface area contributed by atoms with Gasteiger partial charge in [-0.3, -0.25) is 4.79 Å². The fourth-order valence-corrected chi connectivity index (χ4v) is 2.31. The topological polar surface area (TPSA) is 20.3 Å². The number of nitrogens with zero attached hydrogens (tertiary/aromatic N) is 1. The molecular formula is C17H21NO. The van der Waals surface area contributed by atoms with Crippen LogP contribution < -0.4 is 0 Å². The van der Waals surface area contributed by atoms with Gasteiger partial charge in [-0.05, 0) is 23.6 Å². The first kappa shape index (κ1) is 13.6. The first-order chi connectivity index (χ1) is 9.24. The summed E-state index contributed by atoms with van der Waals surface area (Å²) in [6.07, 6.45) is 10.0. The van der Waals surface area contributed by atoms with Crippen molar-refractivity contribution in [3.05, 3.63) is 53.6 Å². The van der Waals surface area contributed by atoms with Crippen molar-refractivity contribution in [2.24, 2.45) is 0 Å². The summed E-state index contributed by atoms with van der Waals surface area (Å²) in [6.45, 7) is 2.89. The molecule has 0 saturated carbocycles. The number of benzene rings is 1. The Balaban J connectivity index is 2.22.